The minimum Gasteiger partial charge on any atom is -0.493 e. The Kier molecular flexibility index (Phi) is 6.08. The van der Waals surface area contributed by atoms with E-state index in [0.29, 0.717) is 71.2 Å². The summed E-state index contributed by atoms with van der Waals surface area (Å²) in [5.74, 6) is 1.79. The summed E-state index contributed by atoms with van der Waals surface area (Å²) < 4.78 is 20.0. The zero-order chi connectivity index (χ0) is 24.5. The Bertz CT molecular complexity index is 1610. The van der Waals surface area contributed by atoms with Gasteiger partial charge in [0, 0.05) is 25.8 Å². The fourth-order valence-electron chi connectivity index (χ4n) is 4.37. The van der Waals surface area contributed by atoms with Crippen LogP contribution in [0.25, 0.3) is 38.9 Å². The molecule has 0 saturated carbocycles. The Hall–Kier alpha value is -3.98. The SMILES string of the molecule is CCOCCCn1c(C)nc2c(c1=O)c1nc3ccccc3nc1n2-c1ccc(OC)c(OC)c1. The fourth-order valence-corrected chi connectivity index (χ4v) is 4.37. The van der Waals surface area contributed by atoms with Crippen molar-refractivity contribution < 1.29 is 14.2 Å². The zero-order valence-electron chi connectivity index (χ0n) is 20.2. The number of fused-ring (bicyclic) bond motifs is 4. The number of benzene rings is 2. The van der Waals surface area contributed by atoms with Crippen LogP contribution in [0.5, 0.6) is 11.5 Å². The van der Waals surface area contributed by atoms with Crippen LogP contribution in [0.2, 0.25) is 0 Å². The van der Waals surface area contributed by atoms with E-state index in [1.54, 1.807) is 18.8 Å². The van der Waals surface area contributed by atoms with Crippen LogP contribution in [0.4, 0.5) is 0 Å². The van der Waals surface area contributed by atoms with E-state index < -0.39 is 0 Å². The summed E-state index contributed by atoms with van der Waals surface area (Å²) in [6.07, 6.45) is 0.713. The molecule has 0 aliphatic rings. The second-order valence-electron chi connectivity index (χ2n) is 8.12. The molecule has 180 valence electrons. The maximum Gasteiger partial charge on any atom is 0.265 e. The summed E-state index contributed by atoms with van der Waals surface area (Å²) in [5, 5.41) is 0.440. The van der Waals surface area contributed by atoms with Crippen LogP contribution < -0.4 is 15.0 Å². The normalized spacial score (nSPS) is 11.5. The number of rotatable bonds is 8. The molecule has 0 amide bonds. The minimum atomic E-state index is -0.141. The lowest BCUT2D eigenvalue weighted by Crippen LogP contribution is -2.24. The molecule has 0 aliphatic carbocycles. The third kappa shape index (κ3) is 3.87. The molecule has 5 rings (SSSR count). The molecular formula is C26H27N5O4. The molecule has 0 N–H and O–H groups in total. The Morgan fingerprint density at radius 2 is 1.66 bits per heavy atom. The second-order valence-corrected chi connectivity index (χ2v) is 8.12. The van der Waals surface area contributed by atoms with Crippen molar-refractivity contribution in [3.05, 3.63) is 58.6 Å². The van der Waals surface area contributed by atoms with Crippen LogP contribution >= 0.6 is 0 Å². The second kappa shape index (κ2) is 9.34. The number of nitrogens with zero attached hydrogens (tertiary/aromatic N) is 5. The topological polar surface area (TPSA) is 93.3 Å². The molecule has 5 aromatic rings. The lowest BCUT2D eigenvalue weighted by Gasteiger charge is -2.13. The van der Waals surface area contributed by atoms with Crippen molar-refractivity contribution in [2.45, 2.75) is 26.8 Å². The van der Waals surface area contributed by atoms with Crippen molar-refractivity contribution in [3.8, 4) is 17.2 Å². The minimum absolute atomic E-state index is 0.141. The molecule has 2 aromatic carbocycles. The highest BCUT2D eigenvalue weighted by Gasteiger charge is 2.22. The molecular weight excluding hydrogens is 446 g/mol. The maximum atomic E-state index is 13.8. The number of aryl methyl sites for hydroxylation is 1. The number of para-hydroxylation sites is 2. The molecule has 0 fully saturated rings. The summed E-state index contributed by atoms with van der Waals surface area (Å²) in [6.45, 7) is 5.54. The predicted octanol–water partition coefficient (Wildman–Crippen LogP) is 4.04. The van der Waals surface area contributed by atoms with E-state index in [1.165, 1.54) is 0 Å². The van der Waals surface area contributed by atoms with Gasteiger partial charge in [-0.3, -0.25) is 13.9 Å². The van der Waals surface area contributed by atoms with Gasteiger partial charge in [0.2, 0.25) is 0 Å². The number of ether oxygens (including phenoxy) is 3. The van der Waals surface area contributed by atoms with Gasteiger partial charge >= 0.3 is 0 Å². The average molecular weight is 474 g/mol. The molecule has 0 bridgehead atoms. The van der Waals surface area contributed by atoms with Crippen LogP contribution in [0.3, 0.4) is 0 Å². The number of methoxy groups -OCH3 is 2. The lowest BCUT2D eigenvalue weighted by atomic mass is 10.2. The summed E-state index contributed by atoms with van der Waals surface area (Å²) in [7, 11) is 3.18. The van der Waals surface area contributed by atoms with Crippen LogP contribution in [-0.2, 0) is 11.3 Å². The zero-order valence-corrected chi connectivity index (χ0v) is 20.2. The van der Waals surface area contributed by atoms with E-state index in [4.69, 9.17) is 29.2 Å². The third-order valence-electron chi connectivity index (χ3n) is 6.05. The van der Waals surface area contributed by atoms with E-state index in [1.807, 2.05) is 60.9 Å². The molecule has 3 heterocycles. The highest BCUT2D eigenvalue weighted by molar-refractivity contribution is 6.05. The third-order valence-corrected chi connectivity index (χ3v) is 6.05. The molecule has 9 heteroatoms. The van der Waals surface area contributed by atoms with Crippen molar-refractivity contribution in [1.82, 2.24) is 24.1 Å². The molecule has 0 unspecified atom stereocenters. The van der Waals surface area contributed by atoms with Gasteiger partial charge in [-0.25, -0.2) is 15.0 Å². The Labute approximate surface area is 201 Å². The van der Waals surface area contributed by atoms with Crippen LogP contribution in [0.15, 0.2) is 47.3 Å². The van der Waals surface area contributed by atoms with Gasteiger partial charge in [0.15, 0.2) is 22.8 Å². The molecule has 9 nitrogen and oxygen atoms in total. The number of hydrogen-bond donors (Lipinski definition) is 0. The molecule has 0 saturated heterocycles. The lowest BCUT2D eigenvalue weighted by molar-refractivity contribution is 0.141. The number of hydrogen-bond acceptors (Lipinski definition) is 7. The average Bonchev–Trinajstić information content (AvgIpc) is 3.19. The van der Waals surface area contributed by atoms with Gasteiger partial charge in [0.05, 0.1) is 30.9 Å². The van der Waals surface area contributed by atoms with E-state index in [2.05, 4.69) is 0 Å². The van der Waals surface area contributed by atoms with E-state index >= 15 is 0 Å². The van der Waals surface area contributed by atoms with Gasteiger partial charge in [0.25, 0.3) is 5.56 Å². The van der Waals surface area contributed by atoms with E-state index in [9.17, 15) is 4.79 Å². The molecule has 0 atom stereocenters. The largest absolute Gasteiger partial charge is 0.493 e. The smallest absolute Gasteiger partial charge is 0.265 e. The molecule has 0 radical (unpaired) electrons. The highest BCUT2D eigenvalue weighted by atomic mass is 16.5. The van der Waals surface area contributed by atoms with Crippen LogP contribution in [-0.4, -0.2) is 51.5 Å². The van der Waals surface area contributed by atoms with Gasteiger partial charge in [-0.2, -0.15) is 0 Å². The molecule has 0 spiro atoms. The first-order valence-corrected chi connectivity index (χ1v) is 11.6. The Morgan fingerprint density at radius 3 is 2.37 bits per heavy atom. The summed E-state index contributed by atoms with van der Waals surface area (Å²) in [4.78, 5) is 28.4. The molecule has 0 aliphatic heterocycles. The van der Waals surface area contributed by atoms with Gasteiger partial charge in [-0.1, -0.05) is 12.1 Å². The van der Waals surface area contributed by atoms with Crippen molar-refractivity contribution >= 4 is 33.2 Å². The van der Waals surface area contributed by atoms with Crippen molar-refractivity contribution in [2.75, 3.05) is 27.4 Å². The van der Waals surface area contributed by atoms with Gasteiger partial charge < -0.3 is 14.2 Å². The highest BCUT2D eigenvalue weighted by Crippen LogP contribution is 2.33. The summed E-state index contributed by atoms with van der Waals surface area (Å²) in [6, 6.07) is 13.2. The van der Waals surface area contributed by atoms with Gasteiger partial charge in [0.1, 0.15) is 16.7 Å². The van der Waals surface area contributed by atoms with Crippen LogP contribution in [0, 0.1) is 6.92 Å². The first-order chi connectivity index (χ1) is 17.1. The van der Waals surface area contributed by atoms with Crippen molar-refractivity contribution in [1.29, 1.82) is 0 Å². The van der Waals surface area contributed by atoms with Crippen molar-refractivity contribution in [2.24, 2.45) is 0 Å². The maximum absolute atomic E-state index is 13.8. The van der Waals surface area contributed by atoms with Gasteiger partial charge in [-0.15, -0.1) is 0 Å². The number of aromatic nitrogens is 5. The monoisotopic (exact) mass is 473 g/mol. The molecule has 35 heavy (non-hydrogen) atoms. The Morgan fingerprint density at radius 1 is 0.914 bits per heavy atom. The van der Waals surface area contributed by atoms with E-state index in [0.717, 1.165) is 11.2 Å². The summed E-state index contributed by atoms with van der Waals surface area (Å²) in [5.41, 5.74) is 3.63. The fraction of sp³-hybridized carbons (Fsp3) is 0.308. The first-order valence-electron chi connectivity index (χ1n) is 11.6. The predicted molar refractivity (Wildman–Crippen MR) is 135 cm³/mol. The van der Waals surface area contributed by atoms with Gasteiger partial charge in [-0.05, 0) is 44.5 Å². The van der Waals surface area contributed by atoms with E-state index in [-0.39, 0.29) is 5.56 Å². The van der Waals surface area contributed by atoms with Crippen LogP contribution in [0.1, 0.15) is 19.2 Å². The Balaban J connectivity index is 1.83. The standard InChI is InChI=1S/C26H27N5O4/c1-5-35-14-8-13-30-16(2)27-24-22(26(30)32)23-25(29-19-10-7-6-9-18(19)28-23)31(24)17-11-12-20(33-3)21(15-17)34-4/h6-7,9-12,15H,5,8,13-14H2,1-4H3. The first kappa shape index (κ1) is 22.8. The summed E-state index contributed by atoms with van der Waals surface area (Å²) >= 11 is 0. The van der Waals surface area contributed by atoms with Crippen molar-refractivity contribution in [3.63, 3.8) is 0 Å². The molecule has 3 aromatic heterocycles. The quantitative estimate of drug-likeness (QED) is 0.314.